The summed E-state index contributed by atoms with van der Waals surface area (Å²) < 4.78 is 29.3. The lowest BCUT2D eigenvalue weighted by Gasteiger charge is -2.50. The van der Waals surface area contributed by atoms with Crippen molar-refractivity contribution in [3.63, 3.8) is 0 Å². The van der Waals surface area contributed by atoms with Crippen molar-refractivity contribution in [2.24, 2.45) is 0 Å². The van der Waals surface area contributed by atoms with E-state index in [1.165, 1.54) is 35.4 Å². The number of alkyl halides is 1. The Hall–Kier alpha value is -1.60. The fourth-order valence-corrected chi connectivity index (χ4v) is 3.77. The summed E-state index contributed by atoms with van der Waals surface area (Å²) in [5, 5.41) is -2.83. The second-order valence-corrected chi connectivity index (χ2v) is 9.11. The number of likely N-dealkylation sites (tertiary alicyclic amines) is 1. The Balaban J connectivity index is 1.69. The van der Waals surface area contributed by atoms with Gasteiger partial charge in [-0.3, -0.25) is 9.78 Å². The molecule has 1 saturated heterocycles. The highest BCUT2D eigenvalue weighted by molar-refractivity contribution is 6.58. The third-order valence-corrected chi connectivity index (χ3v) is 6.16. The van der Waals surface area contributed by atoms with Crippen LogP contribution in [0.2, 0.25) is 10.2 Å². The quantitative estimate of drug-likeness (QED) is 0.626. The van der Waals surface area contributed by atoms with E-state index in [-0.39, 0.29) is 35.8 Å². The molecule has 2 aromatic rings. The van der Waals surface area contributed by atoms with Crippen molar-refractivity contribution in [3.8, 4) is 0 Å². The van der Waals surface area contributed by atoms with E-state index in [0.29, 0.717) is 5.56 Å². The summed E-state index contributed by atoms with van der Waals surface area (Å²) in [6, 6.07) is 6.47. The number of hydrogen-bond donors (Lipinski definition) is 1. The highest BCUT2D eigenvalue weighted by Gasteiger charge is 2.49. The predicted octanol–water partition coefficient (Wildman–Crippen LogP) is 0.234. The summed E-state index contributed by atoms with van der Waals surface area (Å²) in [6.45, 7) is -0.766. The molecular weight excluding hydrogens is 447 g/mol. The summed E-state index contributed by atoms with van der Waals surface area (Å²) in [5.41, 5.74) is -1.57. The number of nitrogens with zero attached hydrogens (tertiary/aromatic N) is 2. The zero-order chi connectivity index (χ0) is 25.5. The van der Waals surface area contributed by atoms with E-state index in [1.807, 2.05) is 0 Å². The van der Waals surface area contributed by atoms with E-state index in [4.69, 9.17) is 66.5 Å². The van der Waals surface area contributed by atoms with Crippen LogP contribution in [0.15, 0.2) is 36.5 Å². The van der Waals surface area contributed by atoms with Gasteiger partial charge >= 0.3 is 0 Å². The number of hydrogen-bond acceptors (Lipinski definition) is 3. The van der Waals surface area contributed by atoms with Gasteiger partial charge in [0.05, 0.1) is 59.9 Å². The van der Waals surface area contributed by atoms with Gasteiger partial charge in [-0.1, -0.05) is 17.7 Å². The molecule has 158 valence electrons. The lowest BCUT2D eigenvalue weighted by atomic mass is 9.40. The number of piperidine rings is 1. The van der Waals surface area contributed by atoms with Crippen LogP contribution in [0.4, 0.5) is 8.78 Å². The summed E-state index contributed by atoms with van der Waals surface area (Å²) in [5.74, 6) is -1.17. The Morgan fingerprint density at radius 1 is 1.18 bits per heavy atom. The van der Waals surface area contributed by atoms with Crippen molar-refractivity contribution in [2.45, 2.75) is 27.8 Å². The molecule has 1 amide bonds. The molecule has 3 rings (SSSR count). The number of rotatable bonds is 6. The Morgan fingerprint density at radius 2 is 1.85 bits per heavy atom. The molecule has 14 radical (unpaired) electrons. The largest absolute Gasteiger partial charge is 0.339 e. The first kappa shape index (κ1) is 27.0. The molecule has 1 fully saturated rings. The second kappa shape index (κ2) is 9.46. The average Bonchev–Trinajstić information content (AvgIpc) is 2.75. The third kappa shape index (κ3) is 5.62. The number of amides is 1. The van der Waals surface area contributed by atoms with E-state index in [2.05, 4.69) is 10.3 Å². The zero-order valence-corrected chi connectivity index (χ0v) is 19.0. The van der Waals surface area contributed by atoms with E-state index in [9.17, 15) is 9.18 Å². The molecule has 0 bridgehead atoms. The Bertz CT molecular complexity index is 1070. The number of pyridine rings is 1. The van der Waals surface area contributed by atoms with Crippen molar-refractivity contribution in [3.05, 3.63) is 64.2 Å². The maximum absolute atomic E-state index is 15.9. The molecule has 1 aliphatic heterocycles. The van der Waals surface area contributed by atoms with Crippen LogP contribution in [0.25, 0.3) is 0 Å². The molecule has 1 atom stereocenters. The molecule has 1 aliphatic rings. The molecule has 1 N–H and O–H groups in total. The number of halogens is 3. The summed E-state index contributed by atoms with van der Waals surface area (Å²) >= 11 is 5.75. The van der Waals surface area contributed by atoms with Gasteiger partial charge in [0.25, 0.3) is 5.91 Å². The molecule has 2 heterocycles. The first-order chi connectivity index (χ1) is 15.6. The zero-order valence-electron chi connectivity index (χ0n) is 18.3. The van der Waals surface area contributed by atoms with Crippen LogP contribution in [-0.2, 0) is 10.5 Å². The van der Waals surface area contributed by atoms with Crippen LogP contribution in [0.3, 0.4) is 0 Å². The maximum Gasteiger partial charge on any atom is 0.253 e. The number of aromatic nitrogens is 1. The minimum atomic E-state index is -2.19. The predicted molar refractivity (Wildman–Crippen MR) is 134 cm³/mol. The molecule has 14 heteroatoms. The van der Waals surface area contributed by atoms with Gasteiger partial charge in [-0.25, -0.2) is 8.78 Å². The number of benzene rings is 1. The highest BCUT2D eigenvalue weighted by atomic mass is 35.5. The Labute approximate surface area is 212 Å². The monoisotopic (exact) mass is 463 g/mol. The van der Waals surface area contributed by atoms with Gasteiger partial charge in [-0.2, -0.15) is 0 Å². The van der Waals surface area contributed by atoms with Gasteiger partial charge in [-0.05, 0) is 46.8 Å². The van der Waals surface area contributed by atoms with Gasteiger partial charge in [0.1, 0.15) is 11.5 Å². The molecular formula is C20H15B7ClF2N3O. The first-order valence-corrected chi connectivity index (χ1v) is 10.6. The van der Waals surface area contributed by atoms with E-state index in [0.717, 1.165) is 6.07 Å². The number of carbonyl (C=O) groups is 1. The fourth-order valence-electron chi connectivity index (χ4n) is 3.59. The van der Waals surface area contributed by atoms with Crippen molar-refractivity contribution in [1.82, 2.24) is 15.2 Å². The van der Waals surface area contributed by atoms with Crippen LogP contribution < -0.4 is 5.32 Å². The maximum atomic E-state index is 15.9. The smallest absolute Gasteiger partial charge is 0.253 e. The van der Waals surface area contributed by atoms with Crippen molar-refractivity contribution >= 4 is 72.4 Å². The van der Waals surface area contributed by atoms with Crippen LogP contribution in [0.1, 0.15) is 28.0 Å². The summed E-state index contributed by atoms with van der Waals surface area (Å²) in [6.07, 6.45) is 1.09. The normalized spacial score (nSPS) is 20.7. The molecule has 1 aromatic heterocycles. The highest BCUT2D eigenvalue weighted by Crippen LogP contribution is 2.43. The van der Waals surface area contributed by atoms with Gasteiger partial charge in [0.15, 0.2) is 0 Å². The standard InChI is InChI=1S/C20H15B7ClF2N3O/c21-18(22)10-33(16(34)11-1-3-14(29)13(28)7-11)6-5-17(18,30)9-32-20(26,27)15-4-2-12(8-31-15)19(23,24)25/h1-4,7-8,32H,5-6,9-10H2. The number of carbonyl (C=O) groups excluding carboxylic acids is 1. The van der Waals surface area contributed by atoms with E-state index in [1.54, 1.807) is 0 Å². The molecule has 0 saturated carbocycles. The van der Waals surface area contributed by atoms with Crippen LogP contribution in [0, 0.1) is 5.82 Å². The first-order valence-electron chi connectivity index (χ1n) is 10.2. The molecule has 4 nitrogen and oxygen atoms in total. The third-order valence-electron chi connectivity index (χ3n) is 5.87. The average molecular weight is 462 g/mol. The van der Waals surface area contributed by atoms with Crippen molar-refractivity contribution < 1.29 is 13.6 Å². The number of nitrogens with one attached hydrogen (secondary N) is 1. The lowest BCUT2D eigenvalue weighted by molar-refractivity contribution is 0.0337. The molecule has 34 heavy (non-hydrogen) atoms. The Morgan fingerprint density at radius 3 is 2.38 bits per heavy atom. The van der Waals surface area contributed by atoms with Gasteiger partial charge < -0.3 is 10.2 Å². The van der Waals surface area contributed by atoms with Crippen molar-refractivity contribution in [1.29, 1.82) is 0 Å². The molecule has 1 unspecified atom stereocenters. The van der Waals surface area contributed by atoms with E-state index >= 15 is 4.39 Å². The SMILES string of the molecule is [B]C([B])([B])c1ccc(C([B])([B])NCC2(F)CCN(C(=O)c3ccc(F)c(Cl)c3)CC2([B])[B])nc1. The van der Waals surface area contributed by atoms with E-state index < -0.39 is 39.6 Å². The fraction of sp³-hybridized carbons (Fsp3) is 0.400. The Kier molecular flexibility index (Phi) is 7.51. The minimum Gasteiger partial charge on any atom is -0.339 e. The van der Waals surface area contributed by atoms with Crippen LogP contribution in [0.5, 0.6) is 0 Å². The second-order valence-electron chi connectivity index (χ2n) is 8.70. The van der Waals surface area contributed by atoms with Crippen LogP contribution >= 0.6 is 11.6 Å². The summed E-state index contributed by atoms with van der Waals surface area (Å²) in [7, 11) is 41.2. The molecule has 0 aliphatic carbocycles. The molecule has 1 aromatic carbocycles. The van der Waals surface area contributed by atoms with Crippen LogP contribution in [-0.4, -0.2) is 96.0 Å². The lowest BCUT2D eigenvalue weighted by Crippen LogP contribution is -2.61. The summed E-state index contributed by atoms with van der Waals surface area (Å²) in [4.78, 5) is 18.2. The molecule has 0 spiro atoms. The minimum absolute atomic E-state index is 0.0111. The van der Waals surface area contributed by atoms with Crippen molar-refractivity contribution in [2.75, 3.05) is 19.6 Å². The van der Waals surface area contributed by atoms with Gasteiger partial charge in [-0.15, -0.1) is 5.11 Å². The van der Waals surface area contributed by atoms with Gasteiger partial charge in [0, 0.05) is 37.1 Å². The topological polar surface area (TPSA) is 45.2 Å². The van der Waals surface area contributed by atoms with Gasteiger partial charge in [0.2, 0.25) is 0 Å².